The van der Waals surface area contributed by atoms with E-state index in [-0.39, 0.29) is 5.91 Å². The van der Waals surface area contributed by atoms with Gasteiger partial charge in [0.1, 0.15) is 5.75 Å². The van der Waals surface area contributed by atoms with Crippen molar-refractivity contribution in [2.75, 3.05) is 29.9 Å². The summed E-state index contributed by atoms with van der Waals surface area (Å²) in [5, 5.41) is 6.74. The van der Waals surface area contributed by atoms with Crippen molar-refractivity contribution in [2.45, 2.75) is 32.1 Å². The number of carbonyl (C=O) groups excluding carboxylic acids is 1. The molecule has 0 bridgehead atoms. The molecule has 3 rings (SSSR count). The second-order valence-electron chi connectivity index (χ2n) is 7.00. The van der Waals surface area contributed by atoms with Crippen LogP contribution in [-0.4, -0.2) is 30.7 Å². The Morgan fingerprint density at radius 2 is 1.72 bits per heavy atom. The lowest BCUT2D eigenvalue weighted by Crippen LogP contribution is -2.34. The van der Waals surface area contributed by atoms with E-state index < -0.39 is 0 Å². The van der Waals surface area contributed by atoms with Crippen LogP contribution >= 0.6 is 23.8 Å². The number of carbonyl (C=O) groups is 1. The summed E-state index contributed by atoms with van der Waals surface area (Å²) >= 11 is 11.1. The lowest BCUT2D eigenvalue weighted by atomic mass is 10.1. The quantitative estimate of drug-likeness (QED) is 0.477. The third kappa shape index (κ3) is 7.22. The lowest BCUT2D eigenvalue weighted by Gasteiger charge is -2.28. The van der Waals surface area contributed by atoms with Gasteiger partial charge >= 0.3 is 0 Å². The Morgan fingerprint density at radius 3 is 2.41 bits per heavy atom. The Bertz CT molecular complexity index is 806. The number of anilines is 2. The number of nitrogens with one attached hydrogen (secondary N) is 2. The monoisotopic (exact) mass is 431 g/mol. The van der Waals surface area contributed by atoms with Gasteiger partial charge in [0, 0.05) is 35.9 Å². The minimum atomic E-state index is -0.132. The number of thiocarbonyl (C=S) groups is 1. The van der Waals surface area contributed by atoms with Crippen molar-refractivity contribution in [3.05, 3.63) is 53.6 Å². The van der Waals surface area contributed by atoms with Gasteiger partial charge in [-0.3, -0.25) is 4.79 Å². The summed E-state index contributed by atoms with van der Waals surface area (Å²) in [5.74, 6) is 0.604. The largest absolute Gasteiger partial charge is 0.494 e. The van der Waals surface area contributed by atoms with Gasteiger partial charge in [0.15, 0.2) is 5.11 Å². The molecule has 29 heavy (non-hydrogen) atoms. The molecule has 1 heterocycles. The fraction of sp³-hybridized carbons (Fsp3) is 0.364. The number of hydrogen-bond acceptors (Lipinski definition) is 4. The molecule has 7 heteroatoms. The Kier molecular flexibility index (Phi) is 8.14. The fourth-order valence-corrected chi connectivity index (χ4v) is 3.57. The lowest BCUT2D eigenvalue weighted by molar-refractivity contribution is -0.119. The number of halogens is 1. The molecule has 1 aliphatic heterocycles. The van der Waals surface area contributed by atoms with Crippen LogP contribution in [0.5, 0.6) is 5.75 Å². The standard InChI is InChI=1S/C22H26ClN3O2S/c23-17-6-12-20(13-7-17)28-16-4-5-21(27)25-22(29)24-18-8-10-19(11-9-18)26-14-2-1-3-15-26/h6-13H,1-5,14-16H2,(H2,24,25,27,29). The van der Waals surface area contributed by atoms with Crippen LogP contribution in [0.3, 0.4) is 0 Å². The van der Waals surface area contributed by atoms with Gasteiger partial charge in [-0.25, -0.2) is 0 Å². The Labute approximate surface area is 182 Å². The molecule has 0 unspecified atom stereocenters. The molecular formula is C22H26ClN3O2S. The first-order valence-electron chi connectivity index (χ1n) is 9.94. The molecule has 0 spiro atoms. The molecule has 1 aliphatic rings. The van der Waals surface area contributed by atoms with E-state index in [1.165, 1.54) is 24.9 Å². The molecule has 1 saturated heterocycles. The van der Waals surface area contributed by atoms with E-state index in [2.05, 4.69) is 27.7 Å². The number of hydrogen-bond donors (Lipinski definition) is 2. The average Bonchev–Trinajstić information content (AvgIpc) is 2.73. The SMILES string of the molecule is O=C(CCCOc1ccc(Cl)cc1)NC(=S)Nc1ccc(N2CCCCC2)cc1. The summed E-state index contributed by atoms with van der Waals surface area (Å²) in [5.41, 5.74) is 2.09. The predicted octanol–water partition coefficient (Wildman–Crippen LogP) is 5.00. The summed E-state index contributed by atoms with van der Waals surface area (Å²) in [4.78, 5) is 14.4. The predicted molar refractivity (Wildman–Crippen MR) is 123 cm³/mol. The zero-order valence-corrected chi connectivity index (χ0v) is 17.9. The number of ether oxygens (including phenoxy) is 1. The van der Waals surface area contributed by atoms with Crippen molar-refractivity contribution in [3.63, 3.8) is 0 Å². The van der Waals surface area contributed by atoms with E-state index >= 15 is 0 Å². The number of piperidine rings is 1. The average molecular weight is 432 g/mol. The second-order valence-corrected chi connectivity index (χ2v) is 7.85. The van der Waals surface area contributed by atoms with E-state index in [0.717, 1.165) is 24.5 Å². The number of nitrogens with zero attached hydrogens (tertiary/aromatic N) is 1. The highest BCUT2D eigenvalue weighted by Crippen LogP contribution is 2.21. The van der Waals surface area contributed by atoms with Crippen molar-refractivity contribution in [3.8, 4) is 5.75 Å². The second kappa shape index (κ2) is 11.0. The molecule has 1 amide bonds. The summed E-state index contributed by atoms with van der Waals surface area (Å²) < 4.78 is 5.58. The maximum atomic E-state index is 12.0. The van der Waals surface area contributed by atoms with Crippen LogP contribution < -0.4 is 20.3 Å². The highest BCUT2D eigenvalue weighted by molar-refractivity contribution is 7.80. The van der Waals surface area contributed by atoms with Crippen molar-refractivity contribution < 1.29 is 9.53 Å². The highest BCUT2D eigenvalue weighted by Gasteiger charge is 2.11. The van der Waals surface area contributed by atoms with Crippen molar-refractivity contribution in [1.82, 2.24) is 5.32 Å². The Balaban J connectivity index is 1.35. The van der Waals surface area contributed by atoms with Crippen LogP contribution in [0.1, 0.15) is 32.1 Å². The first-order chi connectivity index (χ1) is 14.1. The van der Waals surface area contributed by atoms with E-state index in [4.69, 9.17) is 28.6 Å². The van der Waals surface area contributed by atoms with Gasteiger partial charge in [-0.1, -0.05) is 11.6 Å². The summed E-state index contributed by atoms with van der Waals surface area (Å²) in [6, 6.07) is 15.3. The van der Waals surface area contributed by atoms with Gasteiger partial charge in [-0.15, -0.1) is 0 Å². The van der Waals surface area contributed by atoms with Crippen molar-refractivity contribution >= 4 is 46.2 Å². The fourth-order valence-electron chi connectivity index (χ4n) is 3.21. The van der Waals surface area contributed by atoms with Gasteiger partial charge in [0.05, 0.1) is 6.61 Å². The molecular weight excluding hydrogens is 406 g/mol. The summed E-state index contributed by atoms with van der Waals surface area (Å²) in [6.07, 6.45) is 4.75. The van der Waals surface area contributed by atoms with Gasteiger partial charge in [-0.05, 0) is 86.4 Å². The van der Waals surface area contributed by atoms with Crippen LogP contribution in [0.25, 0.3) is 0 Å². The first-order valence-corrected chi connectivity index (χ1v) is 10.7. The van der Waals surface area contributed by atoms with Gasteiger partial charge in [-0.2, -0.15) is 0 Å². The zero-order valence-electron chi connectivity index (χ0n) is 16.3. The third-order valence-electron chi connectivity index (χ3n) is 4.73. The van der Waals surface area contributed by atoms with Gasteiger partial charge in [0.25, 0.3) is 0 Å². The minimum absolute atomic E-state index is 0.132. The molecule has 2 N–H and O–H groups in total. The van der Waals surface area contributed by atoms with Crippen LogP contribution in [0.15, 0.2) is 48.5 Å². The molecule has 1 fully saturated rings. The maximum Gasteiger partial charge on any atom is 0.226 e. The maximum absolute atomic E-state index is 12.0. The number of amides is 1. The molecule has 2 aromatic rings. The smallest absolute Gasteiger partial charge is 0.226 e. The van der Waals surface area contributed by atoms with Crippen LogP contribution in [0.2, 0.25) is 5.02 Å². The van der Waals surface area contributed by atoms with E-state index in [1.807, 2.05) is 12.1 Å². The van der Waals surface area contributed by atoms with Gasteiger partial charge < -0.3 is 20.3 Å². The molecule has 2 aromatic carbocycles. The van der Waals surface area contributed by atoms with E-state index in [0.29, 0.717) is 29.6 Å². The normalized spacial score (nSPS) is 13.6. The van der Waals surface area contributed by atoms with E-state index in [1.54, 1.807) is 24.3 Å². The first kappa shape index (κ1) is 21.4. The highest BCUT2D eigenvalue weighted by atomic mass is 35.5. The molecule has 5 nitrogen and oxygen atoms in total. The Morgan fingerprint density at radius 1 is 1.03 bits per heavy atom. The number of rotatable bonds is 7. The Hall–Kier alpha value is -2.31. The van der Waals surface area contributed by atoms with E-state index in [9.17, 15) is 4.79 Å². The molecule has 0 radical (unpaired) electrons. The zero-order chi connectivity index (χ0) is 20.5. The summed E-state index contributed by atoms with van der Waals surface area (Å²) in [7, 11) is 0. The molecule has 0 atom stereocenters. The summed E-state index contributed by atoms with van der Waals surface area (Å²) in [6.45, 7) is 2.68. The van der Waals surface area contributed by atoms with Gasteiger partial charge in [0.2, 0.25) is 5.91 Å². The van der Waals surface area contributed by atoms with Crippen molar-refractivity contribution in [2.24, 2.45) is 0 Å². The molecule has 0 aliphatic carbocycles. The topological polar surface area (TPSA) is 53.6 Å². The van der Waals surface area contributed by atoms with Crippen LogP contribution in [0, 0.1) is 0 Å². The van der Waals surface area contributed by atoms with Crippen LogP contribution in [-0.2, 0) is 4.79 Å². The van der Waals surface area contributed by atoms with Crippen molar-refractivity contribution in [1.29, 1.82) is 0 Å². The molecule has 0 aromatic heterocycles. The molecule has 154 valence electrons. The molecule has 0 saturated carbocycles. The minimum Gasteiger partial charge on any atom is -0.494 e. The van der Waals surface area contributed by atoms with Crippen LogP contribution in [0.4, 0.5) is 11.4 Å². The third-order valence-corrected chi connectivity index (χ3v) is 5.19. The number of benzene rings is 2.